The van der Waals surface area contributed by atoms with Gasteiger partial charge in [0.15, 0.2) is 0 Å². The number of likely N-dealkylation sites (N-methyl/N-ethyl adjacent to an activating group) is 1. The summed E-state index contributed by atoms with van der Waals surface area (Å²) in [5.41, 5.74) is 3.07. The smallest absolute Gasteiger partial charge is 0.0795 e. The maximum Gasteiger partial charge on any atom is 0.0795 e. The molecule has 0 aliphatic carbocycles. The molecule has 0 atom stereocenters. The van der Waals surface area contributed by atoms with E-state index in [0.717, 1.165) is 19.6 Å². The van der Waals surface area contributed by atoms with Crippen molar-refractivity contribution in [3.63, 3.8) is 0 Å². The Labute approximate surface area is 103 Å². The van der Waals surface area contributed by atoms with Gasteiger partial charge in [-0.1, -0.05) is 13.8 Å². The van der Waals surface area contributed by atoms with Gasteiger partial charge in [-0.25, -0.2) is 4.98 Å². The van der Waals surface area contributed by atoms with Crippen molar-refractivity contribution < 1.29 is 0 Å². The summed E-state index contributed by atoms with van der Waals surface area (Å²) in [5, 5.41) is 5.69. The van der Waals surface area contributed by atoms with Gasteiger partial charge >= 0.3 is 0 Å². The van der Waals surface area contributed by atoms with E-state index in [1.54, 1.807) is 11.3 Å². The highest BCUT2D eigenvalue weighted by molar-refractivity contribution is 7.07. The molecule has 0 bridgehead atoms. The van der Waals surface area contributed by atoms with Crippen molar-refractivity contribution in [1.82, 2.24) is 15.2 Å². The van der Waals surface area contributed by atoms with Crippen LogP contribution in [0.5, 0.6) is 0 Å². The first-order chi connectivity index (χ1) is 7.76. The second-order valence-electron chi connectivity index (χ2n) is 4.19. The largest absolute Gasteiger partial charge is 0.313 e. The third kappa shape index (κ3) is 5.05. The number of rotatable bonds is 8. The average molecular weight is 241 g/mol. The molecule has 1 rings (SSSR count). The van der Waals surface area contributed by atoms with Crippen LogP contribution in [0.15, 0.2) is 10.9 Å². The molecule has 0 fully saturated rings. The fraction of sp³-hybridized carbons (Fsp3) is 0.750. The van der Waals surface area contributed by atoms with Gasteiger partial charge in [-0.15, -0.1) is 11.3 Å². The lowest BCUT2D eigenvalue weighted by atomic mass is 10.2. The van der Waals surface area contributed by atoms with E-state index < -0.39 is 0 Å². The van der Waals surface area contributed by atoms with Gasteiger partial charge in [0.2, 0.25) is 0 Å². The highest BCUT2D eigenvalue weighted by Gasteiger charge is 2.04. The minimum absolute atomic E-state index is 0.674. The molecular weight excluding hydrogens is 218 g/mol. The predicted molar refractivity (Wildman–Crippen MR) is 70.8 cm³/mol. The molecule has 0 saturated carbocycles. The van der Waals surface area contributed by atoms with Gasteiger partial charge in [-0.2, -0.15) is 0 Å². The number of hydrogen-bond donors (Lipinski definition) is 1. The Morgan fingerprint density at radius 1 is 1.44 bits per heavy atom. The zero-order valence-electron chi connectivity index (χ0n) is 10.6. The Morgan fingerprint density at radius 2 is 2.19 bits per heavy atom. The maximum atomic E-state index is 4.29. The summed E-state index contributed by atoms with van der Waals surface area (Å²) in [4.78, 5) is 6.60. The van der Waals surface area contributed by atoms with Crippen molar-refractivity contribution in [3.05, 3.63) is 16.6 Å². The first kappa shape index (κ1) is 13.6. The Balaban J connectivity index is 2.13. The van der Waals surface area contributed by atoms with Gasteiger partial charge in [-0.05, 0) is 19.9 Å². The van der Waals surface area contributed by atoms with Crippen molar-refractivity contribution in [3.8, 4) is 0 Å². The second kappa shape index (κ2) is 7.76. The monoisotopic (exact) mass is 241 g/mol. The number of nitrogens with one attached hydrogen (secondary N) is 1. The van der Waals surface area contributed by atoms with E-state index in [-0.39, 0.29) is 0 Å². The van der Waals surface area contributed by atoms with Crippen LogP contribution < -0.4 is 5.32 Å². The molecule has 3 nitrogen and oxygen atoms in total. The number of hydrogen-bond acceptors (Lipinski definition) is 4. The molecule has 0 spiro atoms. The molecule has 0 amide bonds. The van der Waals surface area contributed by atoms with Gasteiger partial charge in [0.25, 0.3) is 0 Å². The van der Waals surface area contributed by atoms with Gasteiger partial charge in [0.05, 0.1) is 11.2 Å². The molecule has 0 unspecified atom stereocenters. The summed E-state index contributed by atoms with van der Waals surface area (Å²) in [5.74, 6) is 0. The summed E-state index contributed by atoms with van der Waals surface area (Å²) in [6.45, 7) is 7.56. The van der Waals surface area contributed by atoms with Crippen LogP contribution in [-0.4, -0.2) is 36.1 Å². The van der Waals surface area contributed by atoms with Gasteiger partial charge in [0, 0.05) is 31.1 Å². The van der Waals surface area contributed by atoms with Crippen LogP contribution in [-0.2, 0) is 6.54 Å². The summed E-state index contributed by atoms with van der Waals surface area (Å²) >= 11 is 1.66. The zero-order valence-corrected chi connectivity index (χ0v) is 11.4. The summed E-state index contributed by atoms with van der Waals surface area (Å²) in [6.07, 6.45) is 2.43. The van der Waals surface area contributed by atoms with Gasteiger partial charge in [-0.3, -0.25) is 4.90 Å². The lowest BCUT2D eigenvalue weighted by molar-refractivity contribution is 0.311. The van der Waals surface area contributed by atoms with E-state index in [0.29, 0.717) is 6.04 Å². The molecule has 16 heavy (non-hydrogen) atoms. The van der Waals surface area contributed by atoms with Gasteiger partial charge < -0.3 is 5.32 Å². The summed E-state index contributed by atoms with van der Waals surface area (Å²) in [7, 11) is 2.15. The van der Waals surface area contributed by atoms with Crippen molar-refractivity contribution in [2.24, 2.45) is 0 Å². The summed E-state index contributed by atoms with van der Waals surface area (Å²) in [6, 6.07) is 0.674. The second-order valence-corrected chi connectivity index (χ2v) is 4.90. The SMILES string of the molecule is CCC(CC)NCCN(C)Cc1cscn1. The third-order valence-electron chi connectivity index (χ3n) is 2.83. The van der Waals surface area contributed by atoms with Crippen LogP contribution in [0.1, 0.15) is 32.4 Å². The topological polar surface area (TPSA) is 28.2 Å². The first-order valence-electron chi connectivity index (χ1n) is 6.05. The standard InChI is InChI=1S/C12H23N3S/c1-4-11(5-2)13-6-7-15(3)8-12-9-16-10-14-12/h9-11,13H,4-8H2,1-3H3. The van der Waals surface area contributed by atoms with Crippen LogP contribution >= 0.6 is 11.3 Å². The average Bonchev–Trinajstić information content (AvgIpc) is 2.77. The van der Waals surface area contributed by atoms with Crippen molar-refractivity contribution in [2.45, 2.75) is 39.3 Å². The van der Waals surface area contributed by atoms with Crippen LogP contribution in [0.4, 0.5) is 0 Å². The van der Waals surface area contributed by atoms with E-state index >= 15 is 0 Å². The highest BCUT2D eigenvalue weighted by atomic mass is 32.1. The molecule has 0 aromatic carbocycles. The van der Waals surface area contributed by atoms with Crippen molar-refractivity contribution in [2.75, 3.05) is 20.1 Å². The Bertz CT molecular complexity index is 257. The molecule has 1 heterocycles. The van der Waals surface area contributed by atoms with Crippen LogP contribution in [0.3, 0.4) is 0 Å². The molecule has 0 aliphatic heterocycles. The Hall–Kier alpha value is -0.450. The minimum Gasteiger partial charge on any atom is -0.313 e. The molecule has 1 N–H and O–H groups in total. The summed E-state index contributed by atoms with van der Waals surface area (Å²) < 4.78 is 0. The Kier molecular flexibility index (Phi) is 6.61. The molecule has 0 aliphatic rings. The lowest BCUT2D eigenvalue weighted by Crippen LogP contribution is -2.35. The molecule has 4 heteroatoms. The normalized spacial score (nSPS) is 11.6. The van der Waals surface area contributed by atoms with E-state index in [4.69, 9.17) is 0 Å². The Morgan fingerprint density at radius 3 is 2.75 bits per heavy atom. The minimum atomic E-state index is 0.674. The first-order valence-corrected chi connectivity index (χ1v) is 6.99. The molecule has 0 saturated heterocycles. The zero-order chi connectivity index (χ0) is 11.8. The molecular formula is C12H23N3S. The molecule has 1 aromatic heterocycles. The van der Waals surface area contributed by atoms with Crippen LogP contribution in [0, 0.1) is 0 Å². The van der Waals surface area contributed by atoms with E-state index in [2.05, 4.69) is 41.5 Å². The van der Waals surface area contributed by atoms with Crippen molar-refractivity contribution in [1.29, 1.82) is 0 Å². The number of thiazole rings is 1. The maximum absolute atomic E-state index is 4.29. The van der Waals surface area contributed by atoms with Crippen molar-refractivity contribution >= 4 is 11.3 Å². The van der Waals surface area contributed by atoms with Crippen LogP contribution in [0.2, 0.25) is 0 Å². The fourth-order valence-electron chi connectivity index (χ4n) is 1.71. The molecule has 1 aromatic rings. The molecule has 92 valence electrons. The van der Waals surface area contributed by atoms with Gasteiger partial charge in [0.1, 0.15) is 0 Å². The van der Waals surface area contributed by atoms with E-state index in [1.165, 1.54) is 18.5 Å². The lowest BCUT2D eigenvalue weighted by Gasteiger charge is -2.19. The van der Waals surface area contributed by atoms with E-state index in [1.807, 2.05) is 5.51 Å². The van der Waals surface area contributed by atoms with Crippen LogP contribution in [0.25, 0.3) is 0 Å². The third-order valence-corrected chi connectivity index (χ3v) is 3.46. The fourth-order valence-corrected chi connectivity index (χ4v) is 2.26. The number of nitrogens with zero attached hydrogens (tertiary/aromatic N) is 2. The molecule has 0 radical (unpaired) electrons. The predicted octanol–water partition coefficient (Wildman–Crippen LogP) is 2.35. The van der Waals surface area contributed by atoms with E-state index in [9.17, 15) is 0 Å². The quantitative estimate of drug-likeness (QED) is 0.757. The highest BCUT2D eigenvalue weighted by Crippen LogP contribution is 2.03. The number of aromatic nitrogens is 1.